The van der Waals surface area contributed by atoms with E-state index in [2.05, 4.69) is 6.07 Å². The minimum absolute atomic E-state index is 0.0465. The van der Waals surface area contributed by atoms with E-state index in [0.29, 0.717) is 39.4 Å². The Balaban J connectivity index is 1.24. The second-order valence-corrected chi connectivity index (χ2v) is 13.6. The molecule has 7 aromatic carbocycles. The Morgan fingerprint density at radius 2 is 1.35 bits per heavy atom. The first kappa shape index (κ1) is 26.5. The molecule has 0 aliphatic carbocycles. The first-order valence-electron chi connectivity index (χ1n) is 21.0. The van der Waals surface area contributed by atoms with Gasteiger partial charge in [-0.15, -0.1) is 0 Å². The maximum atomic E-state index is 11.4. The van der Waals surface area contributed by atoms with Crippen LogP contribution in [0.25, 0.3) is 94.7 Å². The lowest BCUT2D eigenvalue weighted by molar-refractivity contribution is 0.477. The highest BCUT2D eigenvalue weighted by molar-refractivity contribution is 6.16. The average Bonchev–Trinajstić information content (AvgIpc) is 3.85. The molecule has 0 amide bonds. The van der Waals surface area contributed by atoms with E-state index in [-0.39, 0.29) is 16.9 Å². The molecule has 55 heavy (non-hydrogen) atoms. The Morgan fingerprint density at radius 1 is 0.564 bits per heavy atom. The van der Waals surface area contributed by atoms with E-state index in [4.69, 9.17) is 22.6 Å². The molecular formula is C50H35N3O2. The molecule has 3 heterocycles. The number of pyridine rings is 1. The van der Waals surface area contributed by atoms with E-state index in [9.17, 15) is 5.11 Å². The van der Waals surface area contributed by atoms with Crippen molar-refractivity contribution in [2.24, 2.45) is 0 Å². The molecule has 262 valence electrons. The van der Waals surface area contributed by atoms with Gasteiger partial charge in [-0.25, -0.2) is 4.98 Å². The molecule has 3 aromatic heterocycles. The zero-order valence-electron chi connectivity index (χ0n) is 35.4. The fourth-order valence-electron chi connectivity index (χ4n) is 7.63. The van der Waals surface area contributed by atoms with Crippen LogP contribution in [-0.4, -0.2) is 19.6 Å². The number of phenols is 1. The van der Waals surface area contributed by atoms with Crippen molar-refractivity contribution in [3.05, 3.63) is 181 Å². The summed E-state index contributed by atoms with van der Waals surface area (Å²) in [4.78, 5) is 10.2. The molecule has 0 bridgehead atoms. The predicted molar refractivity (Wildman–Crippen MR) is 224 cm³/mol. The zero-order chi connectivity index (χ0) is 42.0. The molecule has 0 unspecified atom stereocenters. The van der Waals surface area contributed by atoms with Crippen molar-refractivity contribution < 1.29 is 17.7 Å². The van der Waals surface area contributed by atoms with Gasteiger partial charge in [-0.3, -0.25) is 9.55 Å². The zero-order valence-corrected chi connectivity index (χ0v) is 29.4. The summed E-state index contributed by atoms with van der Waals surface area (Å²) >= 11 is 0. The van der Waals surface area contributed by atoms with Crippen LogP contribution in [0.4, 0.5) is 0 Å². The molecule has 1 N–H and O–H groups in total. The molecule has 0 saturated carbocycles. The van der Waals surface area contributed by atoms with Gasteiger partial charge in [0.25, 0.3) is 0 Å². The van der Waals surface area contributed by atoms with Crippen molar-refractivity contribution in [3.8, 4) is 67.5 Å². The molecule has 0 radical (unpaired) electrons. The molecular weight excluding hydrogens is 675 g/mol. The summed E-state index contributed by atoms with van der Waals surface area (Å²) in [6, 6.07) is 50.7. The van der Waals surface area contributed by atoms with Crippen molar-refractivity contribution in [1.29, 1.82) is 0 Å². The number of benzene rings is 7. The lowest BCUT2D eigenvalue weighted by Crippen LogP contribution is -2.01. The van der Waals surface area contributed by atoms with E-state index in [1.54, 1.807) is 42.6 Å². The number of phenolic OH excluding ortho intramolecular Hbond substituents is 1. The fraction of sp³-hybridized carbons (Fsp3) is 0.0400. The summed E-state index contributed by atoms with van der Waals surface area (Å²) in [5, 5.41) is 13.2. The number of nitrogens with zero attached hydrogens (tertiary/aromatic N) is 3. The quantitative estimate of drug-likeness (QED) is 0.186. The summed E-state index contributed by atoms with van der Waals surface area (Å²) in [6.45, 7) is -4.54. The van der Waals surface area contributed by atoms with E-state index in [0.717, 1.165) is 55.3 Å². The van der Waals surface area contributed by atoms with E-state index < -0.39 is 13.7 Å². The fourth-order valence-corrected chi connectivity index (χ4v) is 7.63. The highest BCUT2D eigenvalue weighted by Gasteiger charge is 2.24. The number of aryl methyl sites for hydroxylation is 2. The Labute approximate surface area is 326 Å². The van der Waals surface area contributed by atoms with E-state index >= 15 is 0 Å². The van der Waals surface area contributed by atoms with Crippen LogP contribution in [0, 0.1) is 13.7 Å². The van der Waals surface area contributed by atoms with Gasteiger partial charge in [0.1, 0.15) is 22.7 Å². The first-order chi connectivity index (χ1) is 29.4. The summed E-state index contributed by atoms with van der Waals surface area (Å²) < 4.78 is 56.7. The van der Waals surface area contributed by atoms with E-state index in [1.165, 1.54) is 0 Å². The minimum atomic E-state index is -2.34. The van der Waals surface area contributed by atoms with Crippen molar-refractivity contribution in [3.63, 3.8) is 0 Å². The van der Waals surface area contributed by atoms with Crippen molar-refractivity contribution in [2.75, 3.05) is 0 Å². The number of aromatic hydroxyl groups is 1. The van der Waals surface area contributed by atoms with Gasteiger partial charge in [0.05, 0.1) is 28.0 Å². The topological polar surface area (TPSA) is 64.1 Å². The van der Waals surface area contributed by atoms with Crippen LogP contribution < -0.4 is 0 Å². The minimum Gasteiger partial charge on any atom is -0.507 e. The number of furan rings is 1. The van der Waals surface area contributed by atoms with Crippen LogP contribution in [0.3, 0.4) is 0 Å². The predicted octanol–water partition coefficient (Wildman–Crippen LogP) is 13.0. The average molecular weight is 716 g/mol. The van der Waals surface area contributed by atoms with Gasteiger partial charge in [0.15, 0.2) is 0 Å². The standard InChI is InChI=1S/C50H35N3O2/c1-31-19-22-33(23-20-31)35-25-26-51-42(29-35)36-28-41(48-39-14-7-9-18-46(39)55-47(48)30-36)37-15-10-16-44-49(37)52-50(38-13-6-8-17-45(38)54)53(44)43-24-21-32(2)27-40(43)34-11-4-3-5-12-34/h3-30,54H,1-2H3/i1D3,2D3. The third-order valence-corrected chi connectivity index (χ3v) is 10.2. The molecule has 10 aromatic rings. The van der Waals surface area contributed by atoms with Crippen molar-refractivity contribution in [2.45, 2.75) is 13.7 Å². The summed E-state index contributed by atoms with van der Waals surface area (Å²) in [6.07, 6.45) is 1.74. The van der Waals surface area contributed by atoms with Crippen LogP contribution in [-0.2, 0) is 0 Å². The molecule has 0 spiro atoms. The molecule has 5 heteroatoms. The molecule has 0 aliphatic rings. The third-order valence-electron chi connectivity index (χ3n) is 10.2. The Morgan fingerprint density at radius 3 is 2.20 bits per heavy atom. The molecule has 10 rings (SSSR count). The SMILES string of the molecule is [2H]C([2H])([2H])c1ccc(-c2ccnc(-c3cc(-c4cccc5c4nc(-c4ccccc4O)n5-c4ccc(C([2H])([2H])[2H])cc4-c4ccccc4)c4c(c3)oc3ccccc34)c2)cc1. The van der Waals surface area contributed by atoms with Crippen LogP contribution in [0.5, 0.6) is 5.75 Å². The third kappa shape index (κ3) is 5.56. The number of imidazole rings is 1. The van der Waals surface area contributed by atoms with Crippen molar-refractivity contribution in [1.82, 2.24) is 14.5 Å². The number of hydrogen-bond acceptors (Lipinski definition) is 4. The Bertz CT molecular complexity index is 3290. The number of fused-ring (bicyclic) bond motifs is 4. The normalized spacial score (nSPS) is 13.6. The molecule has 0 atom stereocenters. The van der Waals surface area contributed by atoms with Crippen LogP contribution in [0.1, 0.15) is 19.4 Å². The number of hydrogen-bond donors (Lipinski definition) is 1. The van der Waals surface area contributed by atoms with Gasteiger partial charge in [-0.2, -0.15) is 0 Å². The summed E-state index contributed by atoms with van der Waals surface area (Å²) in [7, 11) is 0. The smallest absolute Gasteiger partial charge is 0.149 e. The highest BCUT2D eigenvalue weighted by Crippen LogP contribution is 2.44. The van der Waals surface area contributed by atoms with E-state index in [1.807, 2.05) is 126 Å². The molecule has 0 aliphatic heterocycles. The Hall–Kier alpha value is -7.24. The lowest BCUT2D eigenvalue weighted by atomic mass is 9.94. The first-order valence-corrected chi connectivity index (χ1v) is 18.0. The van der Waals surface area contributed by atoms with Gasteiger partial charge in [-0.05, 0) is 96.6 Å². The summed E-state index contributed by atoms with van der Waals surface area (Å²) in [5.74, 6) is 0.521. The Kier molecular flexibility index (Phi) is 6.27. The van der Waals surface area contributed by atoms with Gasteiger partial charge >= 0.3 is 0 Å². The second kappa shape index (κ2) is 13.0. The van der Waals surface area contributed by atoms with Crippen LogP contribution >= 0.6 is 0 Å². The maximum absolute atomic E-state index is 11.4. The van der Waals surface area contributed by atoms with Gasteiger partial charge < -0.3 is 9.52 Å². The lowest BCUT2D eigenvalue weighted by Gasteiger charge is -2.16. The molecule has 0 fully saturated rings. The van der Waals surface area contributed by atoms with Crippen LogP contribution in [0.2, 0.25) is 0 Å². The molecule has 0 saturated heterocycles. The summed E-state index contributed by atoms with van der Waals surface area (Å²) in [5.41, 5.74) is 10.9. The van der Waals surface area contributed by atoms with Gasteiger partial charge in [-0.1, -0.05) is 114 Å². The number of rotatable bonds is 6. The maximum Gasteiger partial charge on any atom is 0.149 e. The number of para-hydroxylation sites is 3. The second-order valence-electron chi connectivity index (χ2n) is 13.6. The molecule has 5 nitrogen and oxygen atoms in total. The number of aromatic nitrogens is 3. The van der Waals surface area contributed by atoms with Crippen LogP contribution in [0.15, 0.2) is 174 Å². The van der Waals surface area contributed by atoms with Gasteiger partial charge in [0.2, 0.25) is 0 Å². The highest BCUT2D eigenvalue weighted by atomic mass is 16.3. The van der Waals surface area contributed by atoms with Gasteiger partial charge in [0, 0.05) is 41.9 Å². The van der Waals surface area contributed by atoms with Crippen molar-refractivity contribution >= 4 is 33.0 Å². The monoisotopic (exact) mass is 715 g/mol. The largest absolute Gasteiger partial charge is 0.507 e.